The monoisotopic (exact) mass is 320 g/mol. The first-order valence-electron chi connectivity index (χ1n) is 6.63. The fourth-order valence-electron chi connectivity index (χ4n) is 1.68. The molecule has 0 aliphatic heterocycles. The van der Waals surface area contributed by atoms with Gasteiger partial charge in [0, 0.05) is 7.05 Å². The largest absolute Gasteiger partial charge is 0.476 e. The van der Waals surface area contributed by atoms with Crippen LogP contribution in [0.5, 0.6) is 0 Å². The minimum atomic E-state index is -1.19. The summed E-state index contributed by atoms with van der Waals surface area (Å²) in [6.45, 7) is 5.23. The van der Waals surface area contributed by atoms with E-state index in [2.05, 4.69) is 25.6 Å². The predicted molar refractivity (Wildman–Crippen MR) is 78.8 cm³/mol. The number of hydrogen-bond donors (Lipinski definition) is 2. The zero-order valence-corrected chi connectivity index (χ0v) is 13.1. The molecule has 23 heavy (non-hydrogen) atoms. The molecule has 0 spiro atoms. The van der Waals surface area contributed by atoms with Crippen LogP contribution in [-0.4, -0.2) is 47.7 Å². The van der Waals surface area contributed by atoms with Gasteiger partial charge in [-0.3, -0.25) is 5.32 Å². The summed E-state index contributed by atoms with van der Waals surface area (Å²) >= 11 is 0. The molecule has 0 saturated heterocycles. The average molecular weight is 320 g/mol. The van der Waals surface area contributed by atoms with Crippen LogP contribution in [0.15, 0.2) is 12.4 Å². The van der Waals surface area contributed by atoms with Gasteiger partial charge in [0.2, 0.25) is 0 Å². The molecule has 10 heteroatoms. The Morgan fingerprint density at radius 2 is 1.87 bits per heavy atom. The van der Waals surface area contributed by atoms with Gasteiger partial charge >= 0.3 is 12.1 Å². The van der Waals surface area contributed by atoms with Crippen molar-refractivity contribution in [3.05, 3.63) is 18.1 Å². The van der Waals surface area contributed by atoms with Crippen LogP contribution in [0.2, 0.25) is 0 Å². The van der Waals surface area contributed by atoms with E-state index in [0.29, 0.717) is 5.69 Å². The SMILES string of the molecule is Cn1nnc(-c2ncc(NC(=O)OC(C)(C)C)cn2)c1C(=O)O. The van der Waals surface area contributed by atoms with Crippen LogP contribution in [0.1, 0.15) is 31.3 Å². The molecule has 0 saturated carbocycles. The Hall–Kier alpha value is -3.04. The molecule has 2 aromatic rings. The highest BCUT2D eigenvalue weighted by atomic mass is 16.6. The highest BCUT2D eigenvalue weighted by molar-refractivity contribution is 5.91. The van der Waals surface area contributed by atoms with E-state index < -0.39 is 17.7 Å². The summed E-state index contributed by atoms with van der Waals surface area (Å²) in [7, 11) is 1.46. The Bertz CT molecular complexity index is 732. The fraction of sp³-hybridized carbons (Fsp3) is 0.385. The standard InChI is InChI=1S/C13H16N6O4/c1-13(2,3)23-12(22)16-7-5-14-10(15-6-7)8-9(11(20)21)19(4)18-17-8/h5-6H,1-4H3,(H,16,22)(H,20,21). The maximum absolute atomic E-state index is 11.6. The molecule has 0 fully saturated rings. The van der Waals surface area contributed by atoms with Crippen LogP contribution in [0.3, 0.4) is 0 Å². The Morgan fingerprint density at radius 1 is 1.26 bits per heavy atom. The van der Waals surface area contributed by atoms with Crippen LogP contribution in [0, 0.1) is 0 Å². The first kappa shape index (κ1) is 16.3. The molecule has 0 aliphatic carbocycles. The molecule has 0 unspecified atom stereocenters. The highest BCUT2D eigenvalue weighted by Gasteiger charge is 2.21. The highest BCUT2D eigenvalue weighted by Crippen LogP contribution is 2.18. The van der Waals surface area contributed by atoms with Crippen molar-refractivity contribution in [1.29, 1.82) is 0 Å². The molecule has 0 aromatic carbocycles. The molecule has 0 atom stereocenters. The van der Waals surface area contributed by atoms with E-state index in [4.69, 9.17) is 9.84 Å². The van der Waals surface area contributed by atoms with Gasteiger partial charge in [-0.2, -0.15) is 0 Å². The van der Waals surface area contributed by atoms with Gasteiger partial charge in [-0.05, 0) is 20.8 Å². The lowest BCUT2D eigenvalue weighted by molar-refractivity contribution is 0.0633. The number of ether oxygens (including phenoxy) is 1. The van der Waals surface area contributed by atoms with Gasteiger partial charge in [-0.25, -0.2) is 24.2 Å². The molecule has 2 rings (SSSR count). The molecule has 2 aromatic heterocycles. The molecule has 0 radical (unpaired) electrons. The summed E-state index contributed by atoms with van der Waals surface area (Å²) in [5.74, 6) is -1.10. The number of aromatic carboxylic acids is 1. The third-order valence-electron chi connectivity index (χ3n) is 2.54. The van der Waals surface area contributed by atoms with E-state index >= 15 is 0 Å². The van der Waals surface area contributed by atoms with Gasteiger partial charge in [0.1, 0.15) is 5.60 Å². The van der Waals surface area contributed by atoms with E-state index in [-0.39, 0.29) is 17.2 Å². The Balaban J connectivity index is 2.17. The lowest BCUT2D eigenvalue weighted by Crippen LogP contribution is -2.27. The lowest BCUT2D eigenvalue weighted by atomic mass is 10.2. The van der Waals surface area contributed by atoms with Crippen LogP contribution in [-0.2, 0) is 11.8 Å². The average Bonchev–Trinajstić information content (AvgIpc) is 2.79. The van der Waals surface area contributed by atoms with Crippen molar-refractivity contribution in [1.82, 2.24) is 25.0 Å². The molecular weight excluding hydrogens is 304 g/mol. The van der Waals surface area contributed by atoms with Crippen LogP contribution in [0.4, 0.5) is 10.5 Å². The first-order valence-corrected chi connectivity index (χ1v) is 6.63. The van der Waals surface area contributed by atoms with Crippen molar-refractivity contribution in [2.75, 3.05) is 5.32 Å². The summed E-state index contributed by atoms with van der Waals surface area (Å²) in [5, 5.41) is 19.0. The van der Waals surface area contributed by atoms with Crippen LogP contribution in [0.25, 0.3) is 11.5 Å². The van der Waals surface area contributed by atoms with Crippen molar-refractivity contribution < 1.29 is 19.4 Å². The number of amides is 1. The maximum atomic E-state index is 11.6. The number of anilines is 1. The molecule has 122 valence electrons. The number of carbonyl (C=O) groups excluding carboxylic acids is 1. The number of carbonyl (C=O) groups is 2. The Labute approximate surface area is 131 Å². The topological polar surface area (TPSA) is 132 Å². The molecule has 0 bridgehead atoms. The number of hydrogen-bond acceptors (Lipinski definition) is 7. The summed E-state index contributed by atoms with van der Waals surface area (Å²) in [4.78, 5) is 30.8. The molecule has 10 nitrogen and oxygen atoms in total. The molecule has 2 N–H and O–H groups in total. The van der Waals surface area contributed by atoms with Crippen molar-refractivity contribution >= 4 is 17.7 Å². The number of nitrogens with zero attached hydrogens (tertiary/aromatic N) is 5. The van der Waals surface area contributed by atoms with Gasteiger partial charge in [-0.15, -0.1) is 5.10 Å². The van der Waals surface area contributed by atoms with Crippen molar-refractivity contribution in [2.24, 2.45) is 7.05 Å². The van der Waals surface area contributed by atoms with Crippen LogP contribution < -0.4 is 5.32 Å². The van der Waals surface area contributed by atoms with Crippen molar-refractivity contribution in [3.63, 3.8) is 0 Å². The second-order valence-corrected chi connectivity index (χ2v) is 5.64. The minimum absolute atomic E-state index is 0.0452. The Morgan fingerprint density at radius 3 is 2.39 bits per heavy atom. The molecule has 2 heterocycles. The number of carboxylic acids is 1. The summed E-state index contributed by atoms with van der Waals surface area (Å²) < 4.78 is 6.22. The summed E-state index contributed by atoms with van der Waals surface area (Å²) in [6.07, 6.45) is 2.01. The zero-order chi connectivity index (χ0) is 17.2. The van der Waals surface area contributed by atoms with E-state index in [1.54, 1.807) is 20.8 Å². The summed E-state index contributed by atoms with van der Waals surface area (Å²) in [5.41, 5.74) is -0.397. The van der Waals surface area contributed by atoms with E-state index in [1.807, 2.05) is 0 Å². The van der Waals surface area contributed by atoms with Gasteiger partial charge < -0.3 is 9.84 Å². The third-order valence-corrected chi connectivity index (χ3v) is 2.54. The molecular formula is C13H16N6O4. The van der Waals surface area contributed by atoms with Gasteiger partial charge in [0.15, 0.2) is 17.2 Å². The van der Waals surface area contributed by atoms with Crippen molar-refractivity contribution in [3.8, 4) is 11.5 Å². The third kappa shape index (κ3) is 3.99. The number of carboxylic acid groups (broad SMARTS) is 1. The van der Waals surface area contributed by atoms with E-state index in [1.165, 1.54) is 19.4 Å². The molecule has 1 amide bonds. The van der Waals surface area contributed by atoms with E-state index in [9.17, 15) is 9.59 Å². The predicted octanol–water partition coefficient (Wildman–Crippen LogP) is 1.32. The maximum Gasteiger partial charge on any atom is 0.412 e. The van der Waals surface area contributed by atoms with Gasteiger partial charge in [-0.1, -0.05) is 5.21 Å². The fourth-order valence-corrected chi connectivity index (χ4v) is 1.68. The minimum Gasteiger partial charge on any atom is -0.476 e. The second-order valence-electron chi connectivity index (χ2n) is 5.64. The Kier molecular flexibility index (Phi) is 4.25. The number of nitrogens with one attached hydrogen (secondary N) is 1. The van der Waals surface area contributed by atoms with Crippen molar-refractivity contribution in [2.45, 2.75) is 26.4 Å². The lowest BCUT2D eigenvalue weighted by Gasteiger charge is -2.19. The smallest absolute Gasteiger partial charge is 0.412 e. The number of rotatable bonds is 3. The zero-order valence-electron chi connectivity index (χ0n) is 13.1. The first-order chi connectivity index (χ1) is 10.7. The van der Waals surface area contributed by atoms with E-state index in [0.717, 1.165) is 4.68 Å². The van der Waals surface area contributed by atoms with Gasteiger partial charge in [0.05, 0.1) is 18.1 Å². The molecule has 0 aliphatic rings. The second kappa shape index (κ2) is 5.99. The number of aryl methyl sites for hydroxylation is 1. The van der Waals surface area contributed by atoms with Gasteiger partial charge in [0.25, 0.3) is 0 Å². The normalized spacial score (nSPS) is 11.1. The quantitative estimate of drug-likeness (QED) is 0.865. The summed E-state index contributed by atoms with van der Waals surface area (Å²) in [6, 6.07) is 0. The number of aromatic nitrogens is 5. The van der Waals surface area contributed by atoms with Crippen LogP contribution >= 0.6 is 0 Å².